The van der Waals surface area contributed by atoms with Crippen molar-refractivity contribution >= 4 is 11.3 Å². The van der Waals surface area contributed by atoms with Crippen LogP contribution in [-0.4, -0.2) is 48.7 Å². The first-order valence-corrected chi connectivity index (χ1v) is 8.96. The minimum Gasteiger partial charge on any atom is -0.389 e. The smallest absolute Gasteiger partial charge is 0.113 e. The highest BCUT2D eigenvalue weighted by Crippen LogP contribution is 2.27. The fraction of sp³-hybridized carbons (Fsp3) is 0.812. The molecule has 1 fully saturated rings. The molecule has 0 saturated carbocycles. The third-order valence-electron chi connectivity index (χ3n) is 4.22. The van der Waals surface area contributed by atoms with Crippen molar-refractivity contribution in [3.63, 3.8) is 0 Å². The number of ether oxygens (including phenoxy) is 2. The van der Waals surface area contributed by atoms with Gasteiger partial charge in [0, 0.05) is 30.8 Å². The van der Waals surface area contributed by atoms with Crippen molar-refractivity contribution in [2.75, 3.05) is 26.4 Å². The highest BCUT2D eigenvalue weighted by atomic mass is 32.1. The lowest BCUT2D eigenvalue weighted by molar-refractivity contribution is -0.0595. The number of thiazole rings is 1. The van der Waals surface area contributed by atoms with Gasteiger partial charge in [-0.15, -0.1) is 11.3 Å². The lowest BCUT2D eigenvalue weighted by Gasteiger charge is -2.29. The summed E-state index contributed by atoms with van der Waals surface area (Å²) in [6, 6.07) is 0. The van der Waals surface area contributed by atoms with Crippen molar-refractivity contribution in [1.82, 2.24) is 10.3 Å². The average Bonchev–Trinajstić information content (AvgIpc) is 2.99. The van der Waals surface area contributed by atoms with Crippen LogP contribution in [0.15, 0.2) is 5.38 Å². The van der Waals surface area contributed by atoms with Crippen LogP contribution in [-0.2, 0) is 15.0 Å². The Kier molecular flexibility index (Phi) is 6.77. The zero-order valence-electron chi connectivity index (χ0n) is 13.8. The Morgan fingerprint density at radius 3 is 2.86 bits per heavy atom. The van der Waals surface area contributed by atoms with E-state index in [4.69, 9.17) is 9.47 Å². The Labute approximate surface area is 137 Å². The molecule has 1 aromatic rings. The normalized spacial score (nSPS) is 20.7. The predicted octanol–water partition coefficient (Wildman–Crippen LogP) is 2.22. The molecule has 2 heterocycles. The summed E-state index contributed by atoms with van der Waals surface area (Å²) in [5.41, 5.74) is 0.850. The van der Waals surface area contributed by atoms with E-state index < -0.39 is 6.10 Å². The molecule has 2 N–H and O–H groups in total. The molecular weight excluding hydrogens is 300 g/mol. The molecule has 1 saturated heterocycles. The summed E-state index contributed by atoms with van der Waals surface area (Å²) in [6.07, 6.45) is 2.49. The van der Waals surface area contributed by atoms with Gasteiger partial charge in [-0.2, -0.15) is 0 Å². The topological polar surface area (TPSA) is 63.6 Å². The van der Waals surface area contributed by atoms with E-state index in [0.29, 0.717) is 13.2 Å². The van der Waals surface area contributed by atoms with Crippen LogP contribution in [0.3, 0.4) is 0 Å². The van der Waals surface area contributed by atoms with Gasteiger partial charge in [0.05, 0.1) is 24.4 Å². The maximum absolute atomic E-state index is 10.2. The Hall–Kier alpha value is -0.530. The number of aryl methyl sites for hydroxylation is 1. The lowest BCUT2D eigenvalue weighted by Crippen LogP contribution is -2.44. The Morgan fingerprint density at radius 2 is 2.27 bits per heavy atom. The van der Waals surface area contributed by atoms with Gasteiger partial charge in [0.2, 0.25) is 0 Å². The molecule has 0 aromatic carbocycles. The molecule has 0 spiro atoms. The number of rotatable bonds is 8. The largest absolute Gasteiger partial charge is 0.389 e. The van der Waals surface area contributed by atoms with Gasteiger partial charge in [-0.05, 0) is 33.1 Å². The van der Waals surface area contributed by atoms with E-state index in [1.54, 1.807) is 11.3 Å². The van der Waals surface area contributed by atoms with Crippen LogP contribution in [0.4, 0.5) is 0 Å². The molecule has 2 rings (SSSR count). The first-order valence-electron chi connectivity index (χ1n) is 8.08. The molecule has 1 aromatic heterocycles. The zero-order chi connectivity index (χ0) is 16.0. The van der Waals surface area contributed by atoms with Crippen LogP contribution in [0.5, 0.6) is 0 Å². The predicted molar refractivity (Wildman–Crippen MR) is 88.3 cm³/mol. The van der Waals surface area contributed by atoms with Gasteiger partial charge in [0.25, 0.3) is 0 Å². The molecule has 2 atom stereocenters. The van der Waals surface area contributed by atoms with E-state index in [0.717, 1.165) is 43.2 Å². The van der Waals surface area contributed by atoms with Gasteiger partial charge in [0.1, 0.15) is 5.01 Å². The van der Waals surface area contributed by atoms with Gasteiger partial charge < -0.3 is 19.9 Å². The molecule has 0 bridgehead atoms. The van der Waals surface area contributed by atoms with Crippen LogP contribution >= 0.6 is 11.3 Å². The third kappa shape index (κ3) is 4.99. The molecule has 0 aliphatic carbocycles. The van der Waals surface area contributed by atoms with Crippen molar-refractivity contribution in [3.05, 3.63) is 16.1 Å². The molecule has 22 heavy (non-hydrogen) atoms. The van der Waals surface area contributed by atoms with E-state index in [1.165, 1.54) is 0 Å². The summed E-state index contributed by atoms with van der Waals surface area (Å²) in [7, 11) is 0. The van der Waals surface area contributed by atoms with E-state index >= 15 is 0 Å². The molecule has 6 heteroatoms. The maximum atomic E-state index is 10.2. The molecule has 1 aliphatic rings. The third-order valence-corrected chi connectivity index (χ3v) is 5.44. The quantitative estimate of drug-likeness (QED) is 0.766. The summed E-state index contributed by atoms with van der Waals surface area (Å²) >= 11 is 1.67. The number of nitrogens with one attached hydrogen (secondary N) is 1. The molecule has 0 amide bonds. The Bertz CT molecular complexity index is 448. The van der Waals surface area contributed by atoms with E-state index in [2.05, 4.69) is 29.5 Å². The maximum Gasteiger partial charge on any atom is 0.113 e. The average molecular weight is 328 g/mol. The molecule has 5 nitrogen and oxygen atoms in total. The van der Waals surface area contributed by atoms with Crippen molar-refractivity contribution < 1.29 is 14.6 Å². The monoisotopic (exact) mass is 328 g/mol. The fourth-order valence-electron chi connectivity index (χ4n) is 2.45. The van der Waals surface area contributed by atoms with Gasteiger partial charge in [-0.1, -0.05) is 6.92 Å². The second-order valence-corrected chi connectivity index (χ2v) is 7.02. The van der Waals surface area contributed by atoms with Gasteiger partial charge >= 0.3 is 0 Å². The Balaban J connectivity index is 1.77. The zero-order valence-corrected chi connectivity index (χ0v) is 14.6. The van der Waals surface area contributed by atoms with Crippen molar-refractivity contribution in [2.45, 2.75) is 57.8 Å². The van der Waals surface area contributed by atoms with Gasteiger partial charge in [0.15, 0.2) is 0 Å². The summed E-state index contributed by atoms with van der Waals surface area (Å²) in [5, 5.41) is 16.8. The summed E-state index contributed by atoms with van der Waals surface area (Å²) < 4.78 is 11.1. The van der Waals surface area contributed by atoms with Gasteiger partial charge in [-0.3, -0.25) is 0 Å². The first kappa shape index (κ1) is 17.8. The van der Waals surface area contributed by atoms with E-state index in [1.807, 2.05) is 6.92 Å². The summed E-state index contributed by atoms with van der Waals surface area (Å²) in [6.45, 7) is 8.67. The lowest BCUT2D eigenvalue weighted by atomic mass is 9.99. The first-order chi connectivity index (χ1) is 10.5. The highest BCUT2D eigenvalue weighted by Gasteiger charge is 2.28. The van der Waals surface area contributed by atoms with Crippen molar-refractivity contribution in [3.8, 4) is 0 Å². The fourth-order valence-corrected chi connectivity index (χ4v) is 3.46. The van der Waals surface area contributed by atoms with Crippen LogP contribution in [0.25, 0.3) is 0 Å². The SMILES string of the molecule is CCC(C)(NCC(O)COC1CCOCC1)c1nc(C)cs1. The van der Waals surface area contributed by atoms with E-state index in [-0.39, 0.29) is 11.6 Å². The summed E-state index contributed by atoms with van der Waals surface area (Å²) in [5.74, 6) is 0. The number of aliphatic hydroxyl groups excluding tert-OH is 1. The number of aromatic nitrogens is 1. The number of nitrogens with zero attached hydrogens (tertiary/aromatic N) is 1. The molecule has 126 valence electrons. The second-order valence-electron chi connectivity index (χ2n) is 6.16. The van der Waals surface area contributed by atoms with Crippen molar-refractivity contribution in [1.29, 1.82) is 0 Å². The second kappa shape index (κ2) is 8.36. The molecule has 0 radical (unpaired) electrons. The van der Waals surface area contributed by atoms with Crippen LogP contribution in [0, 0.1) is 6.92 Å². The van der Waals surface area contributed by atoms with Crippen LogP contribution < -0.4 is 5.32 Å². The number of hydrogen-bond donors (Lipinski definition) is 2. The molecular formula is C16H28N2O3S. The summed E-state index contributed by atoms with van der Waals surface area (Å²) in [4.78, 5) is 4.58. The number of hydrogen-bond acceptors (Lipinski definition) is 6. The van der Waals surface area contributed by atoms with Crippen LogP contribution in [0.1, 0.15) is 43.8 Å². The molecule has 2 unspecified atom stereocenters. The van der Waals surface area contributed by atoms with Gasteiger partial charge in [-0.25, -0.2) is 4.98 Å². The van der Waals surface area contributed by atoms with Crippen molar-refractivity contribution in [2.24, 2.45) is 0 Å². The minimum atomic E-state index is -0.505. The molecule has 1 aliphatic heterocycles. The standard InChI is InChI=1S/C16H28N2O3S/c1-4-16(3,15-18-12(2)11-22-15)17-9-13(19)10-21-14-5-7-20-8-6-14/h11,13-14,17,19H,4-10H2,1-3H3. The van der Waals surface area contributed by atoms with E-state index in [9.17, 15) is 5.11 Å². The number of aliphatic hydroxyl groups is 1. The van der Waals surface area contributed by atoms with Crippen LogP contribution in [0.2, 0.25) is 0 Å². The highest BCUT2D eigenvalue weighted by molar-refractivity contribution is 7.09. The Morgan fingerprint density at radius 1 is 1.55 bits per heavy atom. The minimum absolute atomic E-state index is 0.196.